The van der Waals surface area contributed by atoms with Gasteiger partial charge in [0.05, 0.1) is 5.92 Å². The molecule has 1 aliphatic rings. The second-order valence-electron chi connectivity index (χ2n) is 6.65. The predicted molar refractivity (Wildman–Crippen MR) is 96.9 cm³/mol. The van der Waals surface area contributed by atoms with Crippen molar-refractivity contribution in [2.75, 3.05) is 18.4 Å². The lowest BCUT2D eigenvalue weighted by molar-refractivity contribution is -0.123. The van der Waals surface area contributed by atoms with Gasteiger partial charge in [-0.2, -0.15) is 0 Å². The molecule has 1 aromatic carbocycles. The van der Waals surface area contributed by atoms with Gasteiger partial charge in [0.15, 0.2) is 0 Å². The first-order valence-corrected chi connectivity index (χ1v) is 8.52. The van der Waals surface area contributed by atoms with E-state index in [4.69, 9.17) is 5.73 Å². The highest BCUT2D eigenvalue weighted by Crippen LogP contribution is 2.29. The number of carbonyl (C=O) groups is 2. The summed E-state index contributed by atoms with van der Waals surface area (Å²) in [7, 11) is 0. The van der Waals surface area contributed by atoms with E-state index >= 15 is 0 Å². The van der Waals surface area contributed by atoms with Gasteiger partial charge >= 0.3 is 6.03 Å². The number of allylic oxidation sites excluding steroid dienone is 1. The molecule has 0 bridgehead atoms. The minimum Gasteiger partial charge on any atom is -0.369 e. The monoisotopic (exact) mass is 329 g/mol. The van der Waals surface area contributed by atoms with Crippen LogP contribution in [0.5, 0.6) is 0 Å². The number of nitrogens with one attached hydrogen (secondary N) is 1. The Morgan fingerprint density at radius 1 is 1.46 bits per heavy atom. The normalized spacial score (nSPS) is 17.6. The fraction of sp³-hybridized carbons (Fsp3) is 0.474. The molecular formula is C19H27N3O2. The summed E-state index contributed by atoms with van der Waals surface area (Å²) in [5.41, 5.74) is 8.41. The third kappa shape index (κ3) is 4.16. The number of benzene rings is 1. The average molecular weight is 329 g/mol. The van der Waals surface area contributed by atoms with Crippen LogP contribution in [0, 0.1) is 5.92 Å². The second-order valence-corrected chi connectivity index (χ2v) is 6.65. The van der Waals surface area contributed by atoms with Gasteiger partial charge in [0.2, 0.25) is 5.91 Å². The fourth-order valence-corrected chi connectivity index (χ4v) is 3.16. The first-order chi connectivity index (χ1) is 11.4. The van der Waals surface area contributed by atoms with Crippen molar-refractivity contribution in [2.24, 2.45) is 11.7 Å². The van der Waals surface area contributed by atoms with Crippen molar-refractivity contribution in [3.63, 3.8) is 0 Å². The summed E-state index contributed by atoms with van der Waals surface area (Å²) < 4.78 is 0. The van der Waals surface area contributed by atoms with Crippen LogP contribution in [0.3, 0.4) is 0 Å². The predicted octanol–water partition coefficient (Wildman–Crippen LogP) is 3.27. The third-order valence-corrected chi connectivity index (χ3v) is 4.51. The van der Waals surface area contributed by atoms with Gasteiger partial charge in [0.25, 0.3) is 0 Å². The van der Waals surface area contributed by atoms with Gasteiger partial charge in [-0.05, 0) is 36.3 Å². The molecule has 1 atom stereocenters. The Morgan fingerprint density at radius 2 is 2.21 bits per heavy atom. The largest absolute Gasteiger partial charge is 0.369 e. The van der Waals surface area contributed by atoms with Crippen LogP contribution in [0.1, 0.15) is 43.7 Å². The number of rotatable bonds is 5. The summed E-state index contributed by atoms with van der Waals surface area (Å²) in [4.78, 5) is 25.8. The number of hydrogen-bond donors (Lipinski definition) is 2. The molecule has 2 rings (SSSR count). The van der Waals surface area contributed by atoms with Crippen LogP contribution in [0.2, 0.25) is 0 Å². The molecule has 0 saturated carbocycles. The number of carbonyl (C=O) groups excluding carboxylic acids is 2. The molecule has 24 heavy (non-hydrogen) atoms. The van der Waals surface area contributed by atoms with E-state index in [9.17, 15) is 9.59 Å². The smallest absolute Gasteiger partial charge is 0.321 e. The zero-order chi connectivity index (χ0) is 17.7. The van der Waals surface area contributed by atoms with Crippen LogP contribution in [-0.4, -0.2) is 29.9 Å². The Bertz CT molecular complexity index is 625. The number of nitrogens with two attached hydrogens (primary N) is 1. The number of piperidine rings is 1. The Hall–Kier alpha value is -2.30. The van der Waals surface area contributed by atoms with E-state index in [1.807, 2.05) is 24.3 Å². The number of likely N-dealkylation sites (tertiary alicyclic amines) is 1. The molecule has 1 aliphatic heterocycles. The number of nitrogens with zero attached hydrogens (tertiary/aromatic N) is 1. The Balaban J connectivity index is 2.21. The maximum Gasteiger partial charge on any atom is 0.321 e. The number of hydrogen-bond acceptors (Lipinski definition) is 2. The molecule has 3 amide bonds. The Morgan fingerprint density at radius 3 is 2.83 bits per heavy atom. The molecule has 0 unspecified atom stereocenters. The van der Waals surface area contributed by atoms with Crippen LogP contribution in [0.15, 0.2) is 30.9 Å². The maximum absolute atomic E-state index is 12.7. The van der Waals surface area contributed by atoms with Gasteiger partial charge in [-0.3, -0.25) is 4.79 Å². The van der Waals surface area contributed by atoms with Crippen molar-refractivity contribution in [2.45, 2.75) is 39.0 Å². The van der Waals surface area contributed by atoms with Crippen LogP contribution >= 0.6 is 0 Å². The number of para-hydroxylation sites is 1. The topological polar surface area (TPSA) is 75.4 Å². The SMILES string of the molecule is C=CCc1cccc(C(C)C)c1NC(=O)N1CCC[C@H](C(N)=O)C1. The number of anilines is 1. The fourth-order valence-electron chi connectivity index (χ4n) is 3.16. The summed E-state index contributed by atoms with van der Waals surface area (Å²) >= 11 is 0. The van der Waals surface area contributed by atoms with Crippen molar-refractivity contribution in [3.05, 3.63) is 42.0 Å². The van der Waals surface area contributed by atoms with Crippen molar-refractivity contribution >= 4 is 17.6 Å². The van der Waals surface area contributed by atoms with Gasteiger partial charge in [-0.15, -0.1) is 6.58 Å². The molecule has 3 N–H and O–H groups in total. The van der Waals surface area contributed by atoms with Crippen LogP contribution in [0.25, 0.3) is 0 Å². The van der Waals surface area contributed by atoms with Gasteiger partial charge < -0.3 is 16.0 Å². The standard InChI is InChI=1S/C19H27N3O2/c1-4-7-14-8-5-10-16(13(2)3)17(14)21-19(24)22-11-6-9-15(12-22)18(20)23/h4-5,8,10,13,15H,1,6-7,9,11-12H2,2-3H3,(H2,20,23)(H,21,24)/t15-/m0/s1. The third-order valence-electron chi connectivity index (χ3n) is 4.51. The quantitative estimate of drug-likeness (QED) is 0.814. The van der Waals surface area contributed by atoms with E-state index in [1.165, 1.54) is 0 Å². The zero-order valence-corrected chi connectivity index (χ0v) is 14.5. The molecule has 130 valence electrons. The summed E-state index contributed by atoms with van der Waals surface area (Å²) in [5.74, 6) is -0.287. The highest BCUT2D eigenvalue weighted by atomic mass is 16.2. The van der Waals surface area contributed by atoms with Crippen molar-refractivity contribution in [3.8, 4) is 0 Å². The van der Waals surface area contributed by atoms with Crippen molar-refractivity contribution in [1.82, 2.24) is 4.90 Å². The molecule has 5 nitrogen and oxygen atoms in total. The Labute approximate surface area is 143 Å². The highest BCUT2D eigenvalue weighted by Gasteiger charge is 2.27. The summed E-state index contributed by atoms with van der Waals surface area (Å²) in [5, 5.41) is 3.06. The van der Waals surface area contributed by atoms with Gasteiger partial charge in [0, 0.05) is 18.8 Å². The maximum atomic E-state index is 12.7. The average Bonchev–Trinajstić information content (AvgIpc) is 2.56. The van der Waals surface area contributed by atoms with Crippen molar-refractivity contribution < 1.29 is 9.59 Å². The minimum atomic E-state index is -0.331. The summed E-state index contributed by atoms with van der Waals surface area (Å²) in [6, 6.07) is 5.88. The lowest BCUT2D eigenvalue weighted by Gasteiger charge is -2.32. The number of amides is 3. The molecule has 1 saturated heterocycles. The first kappa shape index (κ1) is 18.0. The molecule has 0 aromatic heterocycles. The van der Waals surface area contributed by atoms with Crippen LogP contribution < -0.4 is 11.1 Å². The highest BCUT2D eigenvalue weighted by molar-refractivity contribution is 5.92. The molecule has 0 radical (unpaired) electrons. The van der Waals surface area contributed by atoms with Crippen LogP contribution in [-0.2, 0) is 11.2 Å². The molecule has 0 spiro atoms. The Kier molecular flexibility index (Phi) is 6.01. The summed E-state index contributed by atoms with van der Waals surface area (Å²) in [6.07, 6.45) is 4.08. The van der Waals surface area contributed by atoms with E-state index in [0.29, 0.717) is 25.4 Å². The molecular weight excluding hydrogens is 302 g/mol. The molecule has 5 heteroatoms. The van der Waals surface area contributed by atoms with E-state index < -0.39 is 0 Å². The van der Waals surface area contributed by atoms with Gasteiger partial charge in [-0.25, -0.2) is 4.79 Å². The lowest BCUT2D eigenvalue weighted by Crippen LogP contribution is -2.46. The number of primary amides is 1. The van der Waals surface area contributed by atoms with E-state index in [0.717, 1.165) is 29.7 Å². The summed E-state index contributed by atoms with van der Waals surface area (Å²) in [6.45, 7) is 9.04. The first-order valence-electron chi connectivity index (χ1n) is 8.52. The molecule has 0 aliphatic carbocycles. The van der Waals surface area contributed by atoms with E-state index in [1.54, 1.807) is 4.90 Å². The molecule has 1 heterocycles. The second kappa shape index (κ2) is 7.99. The van der Waals surface area contributed by atoms with E-state index in [-0.39, 0.29) is 17.9 Å². The number of urea groups is 1. The zero-order valence-electron chi connectivity index (χ0n) is 14.5. The van der Waals surface area contributed by atoms with Crippen molar-refractivity contribution in [1.29, 1.82) is 0 Å². The van der Waals surface area contributed by atoms with Crippen LogP contribution in [0.4, 0.5) is 10.5 Å². The van der Waals surface area contributed by atoms with E-state index in [2.05, 4.69) is 25.7 Å². The minimum absolute atomic E-state index is 0.167. The lowest BCUT2D eigenvalue weighted by atomic mass is 9.96. The molecule has 1 fully saturated rings. The van der Waals surface area contributed by atoms with Gasteiger partial charge in [-0.1, -0.05) is 38.1 Å². The van der Waals surface area contributed by atoms with Gasteiger partial charge in [0.1, 0.15) is 0 Å². The molecule has 1 aromatic rings.